The first kappa shape index (κ1) is 6.90. The van der Waals surface area contributed by atoms with Gasteiger partial charge in [-0.05, 0) is 0 Å². The summed E-state index contributed by atoms with van der Waals surface area (Å²) >= 11 is 0.555. The Kier molecular flexibility index (Phi) is 1.93. The second-order valence-corrected chi connectivity index (χ2v) is 4.08. The van der Waals surface area contributed by atoms with Crippen molar-refractivity contribution in [2.45, 2.75) is 0 Å². The molecule has 1 aliphatic heterocycles. The Bertz CT molecular complexity index is 279. The summed E-state index contributed by atoms with van der Waals surface area (Å²) in [5.41, 5.74) is 2.67. The first-order chi connectivity index (χ1) is 5.47. The average molecular weight is 207 g/mol. The zero-order valence-electron chi connectivity index (χ0n) is 6.03. The van der Waals surface area contributed by atoms with Gasteiger partial charge in [-0.3, -0.25) is 0 Å². The van der Waals surface area contributed by atoms with E-state index >= 15 is 0 Å². The van der Waals surface area contributed by atoms with E-state index in [0.29, 0.717) is 15.0 Å². The molecule has 0 aromatic heterocycles. The number of benzene rings is 1. The predicted octanol–water partition coefficient (Wildman–Crippen LogP) is 2.35. The fourth-order valence-corrected chi connectivity index (χ4v) is 2.22. The van der Waals surface area contributed by atoms with Crippen LogP contribution in [0.5, 0.6) is 0 Å². The molecule has 54 valence electrons. The molecule has 0 nitrogen and oxygen atoms in total. The molecule has 11 heavy (non-hydrogen) atoms. The van der Waals surface area contributed by atoms with Crippen molar-refractivity contribution in [3.63, 3.8) is 0 Å². The van der Waals surface area contributed by atoms with Gasteiger partial charge in [0.1, 0.15) is 0 Å². The van der Waals surface area contributed by atoms with Crippen LogP contribution in [0.15, 0.2) is 34.2 Å². The minimum atomic E-state index is 0.555. The zero-order valence-corrected chi connectivity index (χ0v) is 7.74. The van der Waals surface area contributed by atoms with Crippen molar-refractivity contribution in [2.75, 3.05) is 0 Å². The van der Waals surface area contributed by atoms with E-state index in [0.717, 1.165) is 0 Å². The molecule has 0 bridgehead atoms. The molecule has 0 spiro atoms. The molecule has 1 heterocycles. The van der Waals surface area contributed by atoms with Gasteiger partial charge >= 0.3 is 72.5 Å². The van der Waals surface area contributed by atoms with Gasteiger partial charge in [-0.1, -0.05) is 0 Å². The first-order valence-electron chi connectivity index (χ1n) is 3.54. The van der Waals surface area contributed by atoms with Crippen LogP contribution in [0, 0.1) is 0 Å². The van der Waals surface area contributed by atoms with Crippen LogP contribution in [-0.2, 0) is 0 Å². The summed E-state index contributed by atoms with van der Waals surface area (Å²) in [6.45, 7) is 0. The molecule has 0 saturated carbocycles. The molecule has 0 saturated heterocycles. The van der Waals surface area contributed by atoms with Gasteiger partial charge < -0.3 is 0 Å². The van der Waals surface area contributed by atoms with Crippen LogP contribution in [0.1, 0.15) is 11.1 Å². The molecule has 1 heteroatoms. The number of fused-ring (bicyclic) bond motifs is 1. The Balaban J connectivity index is 2.58. The van der Waals surface area contributed by atoms with Crippen molar-refractivity contribution in [2.24, 2.45) is 0 Å². The van der Waals surface area contributed by atoms with E-state index in [-0.39, 0.29) is 0 Å². The summed E-state index contributed by atoms with van der Waals surface area (Å²) in [7, 11) is 0. The van der Waals surface area contributed by atoms with E-state index in [9.17, 15) is 0 Å². The molecule has 2 rings (SSSR count). The molecule has 0 amide bonds. The van der Waals surface area contributed by atoms with E-state index in [2.05, 4.69) is 46.4 Å². The minimum absolute atomic E-state index is 0.555. The Labute approximate surface area is 72.8 Å². The predicted molar refractivity (Wildman–Crippen MR) is 50.3 cm³/mol. The van der Waals surface area contributed by atoms with E-state index < -0.39 is 0 Å². The maximum atomic E-state index is 2.25. The molecule has 1 aromatic rings. The number of hydrogen-bond donors (Lipinski definition) is 0. The Hall–Kier alpha value is -0.781. The van der Waals surface area contributed by atoms with E-state index in [4.69, 9.17) is 0 Å². The van der Waals surface area contributed by atoms with Crippen molar-refractivity contribution in [3.05, 3.63) is 45.3 Å². The van der Waals surface area contributed by atoms with Gasteiger partial charge in [-0.2, -0.15) is 0 Å². The number of rotatable bonds is 0. The standard InChI is InChI=1S/C10H8Se/c1-2-4-10-6-8-11-7-5-9(10)3-1/h1-8H. The first-order valence-corrected chi connectivity index (χ1v) is 5.52. The van der Waals surface area contributed by atoms with Crippen LogP contribution in [0.25, 0.3) is 12.2 Å². The summed E-state index contributed by atoms with van der Waals surface area (Å²) in [6.07, 6.45) is 4.41. The molecule has 1 aromatic carbocycles. The monoisotopic (exact) mass is 208 g/mol. The third kappa shape index (κ3) is 1.45. The fraction of sp³-hybridized carbons (Fsp3) is 0. The molecule has 0 unspecified atom stereocenters. The summed E-state index contributed by atoms with van der Waals surface area (Å²) in [5.74, 6) is 0. The summed E-state index contributed by atoms with van der Waals surface area (Å²) in [4.78, 5) is 4.49. The van der Waals surface area contributed by atoms with Crippen LogP contribution in [-0.4, -0.2) is 15.0 Å². The van der Waals surface area contributed by atoms with Crippen LogP contribution in [0.4, 0.5) is 0 Å². The van der Waals surface area contributed by atoms with Gasteiger partial charge in [0, 0.05) is 0 Å². The van der Waals surface area contributed by atoms with Crippen LogP contribution in [0.3, 0.4) is 0 Å². The third-order valence-corrected chi connectivity index (χ3v) is 2.88. The molecule has 0 atom stereocenters. The zero-order chi connectivity index (χ0) is 7.52. The molecular weight excluding hydrogens is 199 g/mol. The molecule has 1 aliphatic rings. The van der Waals surface area contributed by atoms with Crippen molar-refractivity contribution in [1.82, 2.24) is 0 Å². The second-order valence-electron chi connectivity index (χ2n) is 2.37. The van der Waals surface area contributed by atoms with Crippen molar-refractivity contribution >= 4 is 27.1 Å². The SMILES string of the molecule is C1=Cc2ccccc2C=C[Se]1. The molecule has 0 radical (unpaired) electrons. The molecule has 0 aliphatic carbocycles. The Morgan fingerprint density at radius 2 is 1.36 bits per heavy atom. The van der Waals surface area contributed by atoms with Crippen molar-refractivity contribution in [3.8, 4) is 0 Å². The van der Waals surface area contributed by atoms with Crippen molar-refractivity contribution in [1.29, 1.82) is 0 Å². The van der Waals surface area contributed by atoms with E-state index in [1.807, 2.05) is 0 Å². The van der Waals surface area contributed by atoms with Gasteiger partial charge in [0.05, 0.1) is 0 Å². The van der Waals surface area contributed by atoms with Crippen molar-refractivity contribution < 1.29 is 0 Å². The summed E-state index contributed by atoms with van der Waals surface area (Å²) in [5, 5.41) is 0. The maximum absolute atomic E-state index is 2.25. The fourth-order valence-electron chi connectivity index (χ4n) is 1.08. The second kappa shape index (κ2) is 3.08. The number of hydrogen-bond acceptors (Lipinski definition) is 0. The average Bonchev–Trinajstić information content (AvgIpc) is 2.28. The van der Waals surface area contributed by atoms with Crippen LogP contribution < -0.4 is 0 Å². The van der Waals surface area contributed by atoms with Gasteiger partial charge in [0.15, 0.2) is 0 Å². The molecular formula is C10H8Se. The Morgan fingerprint density at radius 1 is 0.818 bits per heavy atom. The van der Waals surface area contributed by atoms with Gasteiger partial charge in [-0.25, -0.2) is 0 Å². The topological polar surface area (TPSA) is 0 Å². The molecule has 0 N–H and O–H groups in total. The van der Waals surface area contributed by atoms with Crippen LogP contribution in [0.2, 0.25) is 0 Å². The van der Waals surface area contributed by atoms with E-state index in [1.54, 1.807) is 0 Å². The third-order valence-electron chi connectivity index (χ3n) is 1.65. The summed E-state index contributed by atoms with van der Waals surface area (Å²) < 4.78 is 0. The normalized spacial score (nSPS) is 14.2. The van der Waals surface area contributed by atoms with Crippen LogP contribution >= 0.6 is 0 Å². The van der Waals surface area contributed by atoms with Gasteiger partial charge in [0.25, 0.3) is 0 Å². The van der Waals surface area contributed by atoms with Gasteiger partial charge in [-0.15, -0.1) is 0 Å². The van der Waals surface area contributed by atoms with Gasteiger partial charge in [0.2, 0.25) is 0 Å². The quantitative estimate of drug-likeness (QED) is 0.573. The van der Waals surface area contributed by atoms with E-state index in [1.165, 1.54) is 11.1 Å². The molecule has 0 fully saturated rings. The summed E-state index contributed by atoms with van der Waals surface area (Å²) in [6, 6.07) is 8.46. The Morgan fingerprint density at radius 3 is 1.91 bits per heavy atom.